The Morgan fingerprint density at radius 3 is 2.50 bits per heavy atom. The molecule has 3 heteroatoms. The second-order valence-corrected chi connectivity index (χ2v) is 4.29. The Morgan fingerprint density at radius 2 is 1.94 bits per heavy atom. The predicted octanol–water partition coefficient (Wildman–Crippen LogP) is 1.89. The summed E-state index contributed by atoms with van der Waals surface area (Å²) in [7, 11) is 0. The number of ether oxygens (including phenoxy) is 1. The van der Waals surface area contributed by atoms with Crippen molar-refractivity contribution in [2.24, 2.45) is 0 Å². The van der Waals surface area contributed by atoms with Crippen LogP contribution in [0, 0.1) is 0 Å². The van der Waals surface area contributed by atoms with E-state index in [2.05, 4.69) is 0 Å². The van der Waals surface area contributed by atoms with Crippen LogP contribution < -0.4 is 0 Å². The molecule has 2 rings (SSSR count). The summed E-state index contributed by atoms with van der Waals surface area (Å²) >= 11 is 0. The summed E-state index contributed by atoms with van der Waals surface area (Å²) < 4.78 is 5.09. The van der Waals surface area contributed by atoms with E-state index in [1.807, 2.05) is 30.3 Å². The summed E-state index contributed by atoms with van der Waals surface area (Å²) in [5.41, 5.74) is 0.242. The monoisotopic (exact) mass is 218 g/mol. The number of cyclic esters (lactones) is 1. The van der Waals surface area contributed by atoms with Gasteiger partial charge in [0.05, 0.1) is 0 Å². The van der Waals surface area contributed by atoms with Gasteiger partial charge in [-0.1, -0.05) is 30.3 Å². The molecule has 1 heterocycles. The van der Waals surface area contributed by atoms with Crippen LogP contribution in [0.1, 0.15) is 25.3 Å². The molecule has 0 saturated carbocycles. The molecular formula is C13H14O3. The minimum absolute atomic E-state index is 0.0781. The highest BCUT2D eigenvalue weighted by atomic mass is 16.6. The second-order valence-electron chi connectivity index (χ2n) is 4.29. The van der Waals surface area contributed by atoms with E-state index in [0.29, 0.717) is 6.42 Å². The number of aryl methyl sites for hydroxylation is 1. The summed E-state index contributed by atoms with van der Waals surface area (Å²) in [4.78, 5) is 22.6. The molecule has 3 nitrogen and oxygen atoms in total. The van der Waals surface area contributed by atoms with Gasteiger partial charge < -0.3 is 4.74 Å². The summed E-state index contributed by atoms with van der Waals surface area (Å²) in [6.45, 7) is 1.70. The Balaban J connectivity index is 2.00. The first-order valence-electron chi connectivity index (χ1n) is 5.39. The van der Waals surface area contributed by atoms with Gasteiger partial charge in [-0.15, -0.1) is 0 Å². The lowest BCUT2D eigenvalue weighted by molar-refractivity contribution is -0.150. The Kier molecular flexibility index (Phi) is 2.77. The highest BCUT2D eigenvalue weighted by Gasteiger charge is 2.43. The quantitative estimate of drug-likeness (QED) is 0.574. The molecule has 1 aromatic rings. The average molecular weight is 218 g/mol. The lowest BCUT2D eigenvalue weighted by Gasteiger charge is -2.20. The van der Waals surface area contributed by atoms with Crippen LogP contribution >= 0.6 is 0 Å². The van der Waals surface area contributed by atoms with Gasteiger partial charge >= 0.3 is 5.97 Å². The van der Waals surface area contributed by atoms with E-state index < -0.39 is 11.6 Å². The number of ketones is 1. The van der Waals surface area contributed by atoms with Crippen LogP contribution in [0.15, 0.2) is 30.3 Å². The predicted molar refractivity (Wildman–Crippen MR) is 58.9 cm³/mol. The van der Waals surface area contributed by atoms with Crippen molar-refractivity contribution in [3.63, 3.8) is 0 Å². The Bertz CT molecular complexity index is 410. The Labute approximate surface area is 94.4 Å². The van der Waals surface area contributed by atoms with Crippen LogP contribution in [-0.4, -0.2) is 17.4 Å². The van der Waals surface area contributed by atoms with Crippen molar-refractivity contribution in [2.75, 3.05) is 0 Å². The third-order valence-corrected chi connectivity index (χ3v) is 2.97. The van der Waals surface area contributed by atoms with Crippen LogP contribution in [0.3, 0.4) is 0 Å². The molecule has 1 aliphatic heterocycles. The average Bonchev–Trinajstić information content (AvgIpc) is 2.52. The standard InChI is InChI=1S/C13H14O3/c1-13(11(14)9-12(15)16-13)8-7-10-5-3-2-4-6-10/h2-6H,7-9H2,1H3. The second kappa shape index (κ2) is 4.08. The Hall–Kier alpha value is -1.64. The zero-order valence-corrected chi connectivity index (χ0v) is 9.23. The number of carbonyl (C=O) groups excluding carboxylic acids is 2. The molecule has 1 aromatic carbocycles. The zero-order valence-electron chi connectivity index (χ0n) is 9.23. The topological polar surface area (TPSA) is 43.4 Å². The highest BCUT2D eigenvalue weighted by molar-refractivity contribution is 6.05. The van der Waals surface area contributed by atoms with Crippen LogP contribution in [0.2, 0.25) is 0 Å². The Morgan fingerprint density at radius 1 is 1.25 bits per heavy atom. The number of rotatable bonds is 3. The van der Waals surface area contributed by atoms with Crippen molar-refractivity contribution in [2.45, 2.75) is 31.8 Å². The maximum atomic E-state index is 11.6. The highest BCUT2D eigenvalue weighted by Crippen LogP contribution is 2.27. The maximum Gasteiger partial charge on any atom is 0.314 e. The molecule has 0 bridgehead atoms. The summed E-state index contributed by atoms with van der Waals surface area (Å²) in [6.07, 6.45) is 1.23. The normalized spacial score (nSPS) is 24.6. The fourth-order valence-electron chi connectivity index (χ4n) is 1.88. The molecule has 0 radical (unpaired) electrons. The van der Waals surface area contributed by atoms with Crippen LogP contribution in [0.5, 0.6) is 0 Å². The molecule has 84 valence electrons. The van der Waals surface area contributed by atoms with E-state index in [1.165, 1.54) is 0 Å². The van der Waals surface area contributed by atoms with Crippen LogP contribution in [0.25, 0.3) is 0 Å². The van der Waals surface area contributed by atoms with Gasteiger partial charge in [0.2, 0.25) is 0 Å². The minimum atomic E-state index is -0.910. The molecule has 0 aliphatic carbocycles. The number of benzene rings is 1. The number of hydrogen-bond donors (Lipinski definition) is 0. The first-order chi connectivity index (χ1) is 7.60. The fourth-order valence-corrected chi connectivity index (χ4v) is 1.88. The number of esters is 1. The third kappa shape index (κ3) is 2.13. The number of carbonyl (C=O) groups is 2. The molecule has 1 unspecified atom stereocenters. The van der Waals surface area contributed by atoms with E-state index in [1.54, 1.807) is 6.92 Å². The molecule has 16 heavy (non-hydrogen) atoms. The molecule has 1 atom stereocenters. The molecule has 0 amide bonds. The molecule has 0 spiro atoms. The third-order valence-electron chi connectivity index (χ3n) is 2.97. The lowest BCUT2D eigenvalue weighted by atomic mass is 9.93. The number of hydrogen-bond acceptors (Lipinski definition) is 3. The van der Waals surface area contributed by atoms with Crippen molar-refractivity contribution in [3.8, 4) is 0 Å². The van der Waals surface area contributed by atoms with Crippen molar-refractivity contribution in [1.82, 2.24) is 0 Å². The van der Waals surface area contributed by atoms with Crippen molar-refractivity contribution in [3.05, 3.63) is 35.9 Å². The summed E-state index contributed by atoms with van der Waals surface area (Å²) in [5, 5.41) is 0. The first kappa shape index (κ1) is 10.9. The maximum absolute atomic E-state index is 11.6. The van der Waals surface area contributed by atoms with Gasteiger partial charge in [0.15, 0.2) is 11.4 Å². The smallest absolute Gasteiger partial charge is 0.314 e. The first-order valence-corrected chi connectivity index (χ1v) is 5.39. The van der Waals surface area contributed by atoms with Crippen LogP contribution in [0.4, 0.5) is 0 Å². The molecule has 1 aliphatic rings. The van der Waals surface area contributed by atoms with Crippen LogP contribution in [-0.2, 0) is 20.7 Å². The van der Waals surface area contributed by atoms with E-state index in [0.717, 1.165) is 12.0 Å². The number of Topliss-reactive ketones (excluding diaryl/α,β-unsaturated/α-hetero) is 1. The molecule has 0 N–H and O–H groups in total. The van der Waals surface area contributed by atoms with Crippen molar-refractivity contribution in [1.29, 1.82) is 0 Å². The van der Waals surface area contributed by atoms with E-state index in [4.69, 9.17) is 4.74 Å². The van der Waals surface area contributed by atoms with Gasteiger partial charge in [-0.2, -0.15) is 0 Å². The molecule has 1 saturated heterocycles. The molecule has 0 aromatic heterocycles. The van der Waals surface area contributed by atoms with Crippen molar-refractivity contribution < 1.29 is 14.3 Å². The minimum Gasteiger partial charge on any atom is -0.451 e. The van der Waals surface area contributed by atoms with E-state index >= 15 is 0 Å². The summed E-state index contributed by atoms with van der Waals surface area (Å²) in [5.74, 6) is -0.506. The largest absolute Gasteiger partial charge is 0.451 e. The fraction of sp³-hybridized carbons (Fsp3) is 0.385. The van der Waals surface area contributed by atoms with Gasteiger partial charge in [-0.05, 0) is 25.3 Å². The SMILES string of the molecule is CC1(CCc2ccccc2)OC(=O)CC1=O. The van der Waals surface area contributed by atoms with Gasteiger partial charge in [0.25, 0.3) is 0 Å². The van der Waals surface area contributed by atoms with E-state index in [-0.39, 0.29) is 12.2 Å². The van der Waals surface area contributed by atoms with Gasteiger partial charge in [0.1, 0.15) is 6.42 Å². The van der Waals surface area contributed by atoms with Crippen molar-refractivity contribution >= 4 is 11.8 Å². The van der Waals surface area contributed by atoms with Gasteiger partial charge in [-0.25, -0.2) is 0 Å². The van der Waals surface area contributed by atoms with Gasteiger partial charge in [-0.3, -0.25) is 9.59 Å². The molecule has 1 fully saturated rings. The van der Waals surface area contributed by atoms with Gasteiger partial charge in [0, 0.05) is 0 Å². The van der Waals surface area contributed by atoms with E-state index in [9.17, 15) is 9.59 Å². The lowest BCUT2D eigenvalue weighted by Crippen LogP contribution is -2.32. The zero-order chi connectivity index (χ0) is 11.6. The molecular weight excluding hydrogens is 204 g/mol. The summed E-state index contributed by atoms with van der Waals surface area (Å²) in [6, 6.07) is 9.88.